The smallest absolute Gasteiger partial charge is 0.256 e. The molecule has 1 N–H and O–H groups in total. The maximum atomic E-state index is 14.0. The molecule has 5 aromatic rings. The molecule has 1 aromatic heterocycles. The van der Waals surface area contributed by atoms with Crippen LogP contribution in [0.2, 0.25) is 0 Å². The first kappa shape index (κ1) is 22.9. The van der Waals surface area contributed by atoms with Crippen molar-refractivity contribution < 1.29 is 4.79 Å². The number of fused-ring (bicyclic) bond motifs is 1. The quantitative estimate of drug-likeness (QED) is 0.272. The maximum Gasteiger partial charge on any atom is 0.256 e. The zero-order chi connectivity index (χ0) is 24.4. The highest BCUT2D eigenvalue weighted by molar-refractivity contribution is 7.00. The topological polar surface area (TPSA) is 54.9 Å². The van der Waals surface area contributed by atoms with Crippen LogP contribution < -0.4 is 5.32 Å². The molecule has 174 valence electrons. The van der Waals surface area contributed by atoms with E-state index in [0.717, 1.165) is 57.9 Å². The van der Waals surface area contributed by atoms with Crippen molar-refractivity contribution >= 4 is 34.4 Å². The zero-order valence-electron chi connectivity index (χ0n) is 20.1. The molecule has 5 heteroatoms. The molecule has 35 heavy (non-hydrogen) atoms. The Morgan fingerprint density at radius 1 is 0.800 bits per heavy atom. The van der Waals surface area contributed by atoms with Crippen molar-refractivity contribution in [2.75, 3.05) is 5.32 Å². The number of hydrogen-bond acceptors (Lipinski definition) is 4. The molecule has 0 radical (unpaired) electrons. The molecule has 0 fully saturated rings. The Kier molecular flexibility index (Phi) is 6.43. The molecule has 0 saturated heterocycles. The summed E-state index contributed by atoms with van der Waals surface area (Å²) in [6.45, 7) is 6.37. The van der Waals surface area contributed by atoms with Gasteiger partial charge in [0.1, 0.15) is 11.0 Å². The van der Waals surface area contributed by atoms with Crippen molar-refractivity contribution in [2.45, 2.75) is 33.6 Å². The van der Waals surface area contributed by atoms with Crippen LogP contribution in [0.15, 0.2) is 78.9 Å². The van der Waals surface area contributed by atoms with E-state index in [9.17, 15) is 4.79 Å². The van der Waals surface area contributed by atoms with E-state index in [1.807, 2.05) is 18.2 Å². The fourth-order valence-corrected chi connectivity index (χ4v) is 4.97. The van der Waals surface area contributed by atoms with Crippen molar-refractivity contribution in [3.8, 4) is 22.3 Å². The highest BCUT2D eigenvalue weighted by atomic mass is 32.1. The van der Waals surface area contributed by atoms with Gasteiger partial charge in [0.05, 0.1) is 23.0 Å². The van der Waals surface area contributed by atoms with E-state index >= 15 is 0 Å². The van der Waals surface area contributed by atoms with Crippen LogP contribution in [0.5, 0.6) is 0 Å². The van der Waals surface area contributed by atoms with Crippen LogP contribution in [-0.4, -0.2) is 14.7 Å². The van der Waals surface area contributed by atoms with Crippen LogP contribution in [0.3, 0.4) is 0 Å². The first-order chi connectivity index (χ1) is 17.1. The SMILES string of the molecule is CCc1ccc(-c2cc(C)cc(-c3ccc(CC)cc3)c2C(=O)Nc2cccc3nsnc23)cc1. The third-order valence-electron chi connectivity index (χ3n) is 6.39. The van der Waals surface area contributed by atoms with Crippen LogP contribution in [0.1, 0.15) is 40.9 Å². The second-order valence-electron chi connectivity index (χ2n) is 8.73. The third kappa shape index (κ3) is 4.60. The largest absolute Gasteiger partial charge is 0.320 e. The van der Waals surface area contributed by atoms with Crippen LogP contribution in [0.4, 0.5) is 5.69 Å². The highest BCUT2D eigenvalue weighted by Crippen LogP contribution is 2.35. The number of aromatic nitrogens is 2. The fourth-order valence-electron chi connectivity index (χ4n) is 4.42. The average Bonchev–Trinajstić information content (AvgIpc) is 3.38. The molecule has 0 saturated carbocycles. The van der Waals surface area contributed by atoms with E-state index in [4.69, 9.17) is 0 Å². The van der Waals surface area contributed by atoms with E-state index in [2.05, 4.69) is 95.5 Å². The van der Waals surface area contributed by atoms with Gasteiger partial charge in [-0.3, -0.25) is 4.79 Å². The Balaban J connectivity index is 1.68. The number of rotatable bonds is 6. The van der Waals surface area contributed by atoms with Crippen LogP contribution in [0.25, 0.3) is 33.3 Å². The number of carbonyl (C=O) groups excluding carboxylic acids is 1. The Bertz CT molecular complexity index is 1430. The number of anilines is 1. The molecule has 0 atom stereocenters. The summed E-state index contributed by atoms with van der Waals surface area (Å²) in [5, 5.41) is 3.14. The van der Waals surface area contributed by atoms with Crippen LogP contribution >= 0.6 is 11.7 Å². The third-order valence-corrected chi connectivity index (χ3v) is 6.93. The van der Waals surface area contributed by atoms with E-state index in [1.165, 1.54) is 11.1 Å². The van der Waals surface area contributed by atoms with Gasteiger partial charge in [0.2, 0.25) is 0 Å². The normalized spacial score (nSPS) is 11.1. The molecular weight excluding hydrogens is 450 g/mol. The van der Waals surface area contributed by atoms with E-state index in [0.29, 0.717) is 16.8 Å². The lowest BCUT2D eigenvalue weighted by molar-refractivity contribution is 0.102. The molecule has 1 heterocycles. The monoisotopic (exact) mass is 477 g/mol. The van der Waals surface area contributed by atoms with Crippen LogP contribution in [-0.2, 0) is 12.8 Å². The van der Waals surface area contributed by atoms with Crippen molar-refractivity contribution in [3.63, 3.8) is 0 Å². The first-order valence-electron chi connectivity index (χ1n) is 11.9. The Morgan fingerprint density at radius 2 is 1.37 bits per heavy atom. The standard InChI is InChI=1S/C30H27N3OS/c1-4-20-9-13-22(14-10-20)24-17-19(3)18-25(23-15-11-21(5-2)12-16-23)28(24)30(34)31-26-7-6-8-27-29(26)33-35-32-27/h6-18H,4-5H2,1-3H3,(H,31,34). The zero-order valence-corrected chi connectivity index (χ0v) is 20.9. The summed E-state index contributed by atoms with van der Waals surface area (Å²) in [6, 6.07) is 26.9. The lowest BCUT2D eigenvalue weighted by Gasteiger charge is -2.18. The number of amides is 1. The average molecular weight is 478 g/mol. The molecule has 5 rings (SSSR count). The number of hydrogen-bond donors (Lipinski definition) is 1. The summed E-state index contributed by atoms with van der Waals surface area (Å²) in [6.07, 6.45) is 1.95. The Hall–Kier alpha value is -3.83. The second-order valence-corrected chi connectivity index (χ2v) is 9.26. The van der Waals surface area contributed by atoms with Gasteiger partial charge in [0.15, 0.2) is 0 Å². The highest BCUT2D eigenvalue weighted by Gasteiger charge is 2.21. The Morgan fingerprint density at radius 3 is 1.91 bits per heavy atom. The van der Waals surface area contributed by atoms with Crippen LogP contribution in [0, 0.1) is 6.92 Å². The Labute approximate surface area is 210 Å². The minimum absolute atomic E-state index is 0.158. The van der Waals surface area contributed by atoms with Gasteiger partial charge in [-0.25, -0.2) is 0 Å². The summed E-state index contributed by atoms with van der Waals surface area (Å²) in [7, 11) is 0. The molecule has 4 nitrogen and oxygen atoms in total. The van der Waals surface area contributed by atoms with Gasteiger partial charge in [0, 0.05) is 0 Å². The number of carbonyl (C=O) groups is 1. The minimum Gasteiger partial charge on any atom is -0.320 e. The lowest BCUT2D eigenvalue weighted by atomic mass is 9.88. The van der Waals surface area contributed by atoms with Gasteiger partial charge in [-0.2, -0.15) is 8.75 Å². The van der Waals surface area contributed by atoms with E-state index in [1.54, 1.807) is 0 Å². The molecule has 0 bridgehead atoms. The van der Waals surface area contributed by atoms with Crippen molar-refractivity contribution in [1.82, 2.24) is 8.75 Å². The summed E-state index contributed by atoms with van der Waals surface area (Å²) in [4.78, 5) is 14.0. The number of nitrogens with zero attached hydrogens (tertiary/aromatic N) is 2. The second kappa shape index (κ2) is 9.80. The van der Waals surface area contributed by atoms with E-state index in [-0.39, 0.29) is 5.91 Å². The molecule has 0 spiro atoms. The fraction of sp³-hybridized carbons (Fsp3) is 0.167. The predicted molar refractivity (Wildman–Crippen MR) is 146 cm³/mol. The van der Waals surface area contributed by atoms with Gasteiger partial charge in [-0.05, 0) is 70.8 Å². The summed E-state index contributed by atoms with van der Waals surface area (Å²) in [5.74, 6) is -0.158. The van der Waals surface area contributed by atoms with E-state index < -0.39 is 0 Å². The minimum atomic E-state index is -0.158. The van der Waals surface area contributed by atoms with Crippen molar-refractivity contribution in [3.05, 3.63) is 101 Å². The molecule has 0 unspecified atom stereocenters. The maximum absolute atomic E-state index is 14.0. The van der Waals surface area contributed by atoms with Gasteiger partial charge < -0.3 is 5.32 Å². The number of nitrogens with one attached hydrogen (secondary N) is 1. The predicted octanol–water partition coefficient (Wildman–Crippen LogP) is 7.71. The molecule has 0 aliphatic carbocycles. The van der Waals surface area contributed by atoms with Gasteiger partial charge in [-0.1, -0.05) is 80.6 Å². The molecule has 1 amide bonds. The van der Waals surface area contributed by atoms with Gasteiger partial charge in [0.25, 0.3) is 5.91 Å². The first-order valence-corrected chi connectivity index (χ1v) is 12.7. The van der Waals surface area contributed by atoms with Gasteiger partial charge >= 0.3 is 0 Å². The number of aryl methyl sites for hydroxylation is 3. The molecule has 4 aromatic carbocycles. The van der Waals surface area contributed by atoms with Crippen molar-refractivity contribution in [1.29, 1.82) is 0 Å². The lowest BCUT2D eigenvalue weighted by Crippen LogP contribution is -2.15. The summed E-state index contributed by atoms with van der Waals surface area (Å²) >= 11 is 1.15. The van der Waals surface area contributed by atoms with Crippen molar-refractivity contribution in [2.24, 2.45) is 0 Å². The molecular formula is C30H27N3OS. The molecule has 0 aliphatic rings. The van der Waals surface area contributed by atoms with Gasteiger partial charge in [-0.15, -0.1) is 0 Å². The summed E-state index contributed by atoms with van der Waals surface area (Å²) < 4.78 is 8.71. The number of benzene rings is 4. The summed E-state index contributed by atoms with van der Waals surface area (Å²) in [5.41, 5.74) is 10.3. The molecule has 0 aliphatic heterocycles.